The zero-order chi connectivity index (χ0) is 20.3. The van der Waals surface area contributed by atoms with E-state index < -0.39 is 15.9 Å². The van der Waals surface area contributed by atoms with E-state index in [1.807, 2.05) is 13.8 Å². The number of ether oxygens (including phenoxy) is 2. The van der Waals surface area contributed by atoms with Crippen LogP contribution in [0.5, 0.6) is 5.75 Å². The van der Waals surface area contributed by atoms with Crippen molar-refractivity contribution in [2.45, 2.75) is 31.0 Å². The monoisotopic (exact) mass is 404 g/mol. The summed E-state index contributed by atoms with van der Waals surface area (Å²) < 4.78 is 38.2. The first kappa shape index (κ1) is 20.3. The molecule has 1 heterocycles. The number of hydrogen-bond donors (Lipinski definition) is 1. The summed E-state index contributed by atoms with van der Waals surface area (Å²) in [7, 11) is -2.17. The number of hydrogen-bond acceptors (Lipinski definition) is 5. The molecule has 2 aromatic carbocycles. The van der Waals surface area contributed by atoms with Crippen LogP contribution in [0.1, 0.15) is 24.2 Å². The number of morpholine rings is 1. The Balaban J connectivity index is 1.82. The molecule has 0 radical (unpaired) electrons. The smallest absolute Gasteiger partial charge is 0.255 e. The molecule has 8 heteroatoms. The van der Waals surface area contributed by atoms with Gasteiger partial charge in [0.05, 0.1) is 24.2 Å². The molecule has 0 spiro atoms. The topological polar surface area (TPSA) is 84.9 Å². The molecular formula is C20H24N2O5S. The molecule has 2 aromatic rings. The van der Waals surface area contributed by atoms with E-state index in [1.165, 1.54) is 16.4 Å². The molecule has 1 fully saturated rings. The van der Waals surface area contributed by atoms with Gasteiger partial charge >= 0.3 is 0 Å². The van der Waals surface area contributed by atoms with Gasteiger partial charge in [0.25, 0.3) is 5.91 Å². The third-order valence-corrected chi connectivity index (χ3v) is 6.28. The first-order valence-corrected chi connectivity index (χ1v) is 10.4. The van der Waals surface area contributed by atoms with Crippen molar-refractivity contribution >= 4 is 21.6 Å². The zero-order valence-corrected chi connectivity index (χ0v) is 16.9. The van der Waals surface area contributed by atoms with Crippen molar-refractivity contribution < 1.29 is 22.7 Å². The van der Waals surface area contributed by atoms with E-state index in [9.17, 15) is 13.2 Å². The molecule has 0 unspecified atom stereocenters. The van der Waals surface area contributed by atoms with Gasteiger partial charge in [-0.05, 0) is 44.2 Å². The van der Waals surface area contributed by atoms with Crippen LogP contribution in [0, 0.1) is 0 Å². The second kappa shape index (κ2) is 8.30. The van der Waals surface area contributed by atoms with Crippen LogP contribution in [0.4, 0.5) is 5.69 Å². The van der Waals surface area contributed by atoms with Crippen molar-refractivity contribution in [3.63, 3.8) is 0 Å². The maximum atomic E-state index is 13.0. The van der Waals surface area contributed by atoms with Crippen LogP contribution in [0.25, 0.3) is 0 Å². The Hall–Kier alpha value is -2.42. The summed E-state index contributed by atoms with van der Waals surface area (Å²) in [5, 5.41) is 2.76. The van der Waals surface area contributed by atoms with Crippen molar-refractivity contribution in [1.82, 2.24) is 4.31 Å². The Morgan fingerprint density at radius 3 is 2.46 bits per heavy atom. The Kier molecular flexibility index (Phi) is 6.02. The number of rotatable bonds is 5. The Bertz CT molecular complexity index is 951. The van der Waals surface area contributed by atoms with Gasteiger partial charge in [0, 0.05) is 30.4 Å². The molecular weight excluding hydrogens is 380 g/mol. The fourth-order valence-electron chi connectivity index (χ4n) is 3.18. The molecule has 0 aliphatic carbocycles. The second-order valence-corrected chi connectivity index (χ2v) is 8.73. The quantitative estimate of drug-likeness (QED) is 0.828. The van der Waals surface area contributed by atoms with E-state index in [2.05, 4.69) is 5.32 Å². The van der Waals surface area contributed by atoms with Crippen LogP contribution in [0.3, 0.4) is 0 Å². The van der Waals surface area contributed by atoms with Gasteiger partial charge in [0.1, 0.15) is 5.75 Å². The lowest BCUT2D eigenvalue weighted by Crippen LogP contribution is -2.48. The minimum atomic E-state index is -3.71. The van der Waals surface area contributed by atoms with E-state index in [0.717, 1.165) is 0 Å². The van der Waals surface area contributed by atoms with Gasteiger partial charge in [-0.1, -0.05) is 12.1 Å². The number of sulfonamides is 1. The SMILES string of the molecule is COc1cccc(NC(=O)c2cccc(S(=O)(=O)N3C[C@@H](C)O[C@H](C)C3)c2)c1. The average molecular weight is 404 g/mol. The fraction of sp³-hybridized carbons (Fsp3) is 0.350. The Morgan fingerprint density at radius 2 is 1.79 bits per heavy atom. The highest BCUT2D eigenvalue weighted by molar-refractivity contribution is 7.89. The maximum absolute atomic E-state index is 13.0. The normalized spacial score (nSPS) is 20.5. The van der Waals surface area contributed by atoms with Crippen molar-refractivity contribution in [3.05, 3.63) is 54.1 Å². The van der Waals surface area contributed by atoms with Gasteiger partial charge < -0.3 is 14.8 Å². The summed E-state index contributed by atoms with van der Waals surface area (Å²) in [4.78, 5) is 12.7. The van der Waals surface area contributed by atoms with E-state index in [-0.39, 0.29) is 35.8 Å². The summed E-state index contributed by atoms with van der Waals surface area (Å²) in [5.74, 6) is 0.221. The van der Waals surface area contributed by atoms with Gasteiger partial charge in [-0.2, -0.15) is 4.31 Å². The maximum Gasteiger partial charge on any atom is 0.255 e. The standard InChI is InChI=1S/C20H24N2O5S/c1-14-12-22(13-15(2)27-14)28(24,25)19-9-4-6-16(10-19)20(23)21-17-7-5-8-18(11-17)26-3/h4-11,14-15H,12-13H2,1-3H3,(H,21,23)/t14-,15-/m1/s1. The third-order valence-electron chi connectivity index (χ3n) is 4.45. The lowest BCUT2D eigenvalue weighted by molar-refractivity contribution is -0.0440. The average Bonchev–Trinajstić information content (AvgIpc) is 2.67. The van der Waals surface area contributed by atoms with Crippen LogP contribution >= 0.6 is 0 Å². The van der Waals surface area contributed by atoms with Crippen LogP contribution in [-0.4, -0.2) is 51.0 Å². The van der Waals surface area contributed by atoms with E-state index in [4.69, 9.17) is 9.47 Å². The number of methoxy groups -OCH3 is 1. The van der Waals surface area contributed by atoms with Crippen molar-refractivity contribution in [1.29, 1.82) is 0 Å². The molecule has 7 nitrogen and oxygen atoms in total. The molecule has 0 bridgehead atoms. The van der Waals surface area contributed by atoms with Gasteiger partial charge in [-0.25, -0.2) is 8.42 Å². The summed E-state index contributed by atoms with van der Waals surface area (Å²) in [6.45, 7) is 4.26. The molecule has 28 heavy (non-hydrogen) atoms. The number of nitrogens with zero attached hydrogens (tertiary/aromatic N) is 1. The van der Waals surface area contributed by atoms with Crippen molar-refractivity contribution in [2.75, 3.05) is 25.5 Å². The van der Waals surface area contributed by atoms with Crippen molar-refractivity contribution in [2.24, 2.45) is 0 Å². The molecule has 0 aromatic heterocycles. The predicted molar refractivity (Wildman–Crippen MR) is 106 cm³/mol. The summed E-state index contributed by atoms with van der Waals surface area (Å²) in [5.41, 5.74) is 0.826. The summed E-state index contributed by atoms with van der Waals surface area (Å²) in [6.07, 6.45) is -0.365. The molecule has 2 atom stereocenters. The molecule has 1 aliphatic heterocycles. The number of amides is 1. The molecule has 1 N–H and O–H groups in total. The Morgan fingerprint density at radius 1 is 1.11 bits per heavy atom. The van der Waals surface area contributed by atoms with Gasteiger partial charge in [0.2, 0.25) is 10.0 Å². The lowest BCUT2D eigenvalue weighted by atomic mass is 10.2. The molecule has 1 amide bonds. The number of carbonyl (C=O) groups excluding carboxylic acids is 1. The lowest BCUT2D eigenvalue weighted by Gasteiger charge is -2.34. The van der Waals surface area contributed by atoms with E-state index >= 15 is 0 Å². The number of anilines is 1. The van der Waals surface area contributed by atoms with E-state index in [1.54, 1.807) is 43.5 Å². The molecule has 1 aliphatic rings. The van der Waals surface area contributed by atoms with E-state index in [0.29, 0.717) is 11.4 Å². The first-order chi connectivity index (χ1) is 13.3. The van der Waals surface area contributed by atoms with Gasteiger partial charge in [0.15, 0.2) is 0 Å². The summed E-state index contributed by atoms with van der Waals surface area (Å²) in [6, 6.07) is 13.0. The molecule has 0 saturated carbocycles. The minimum Gasteiger partial charge on any atom is -0.497 e. The van der Waals surface area contributed by atoms with Gasteiger partial charge in [-0.3, -0.25) is 4.79 Å². The molecule has 3 rings (SSSR count). The van der Waals surface area contributed by atoms with Crippen LogP contribution < -0.4 is 10.1 Å². The molecule has 1 saturated heterocycles. The zero-order valence-electron chi connectivity index (χ0n) is 16.1. The van der Waals surface area contributed by atoms with Crippen molar-refractivity contribution in [3.8, 4) is 5.75 Å². The predicted octanol–water partition coefficient (Wildman–Crippen LogP) is 2.75. The Labute approximate surface area is 165 Å². The highest BCUT2D eigenvalue weighted by atomic mass is 32.2. The van der Waals surface area contributed by atoms with Gasteiger partial charge in [-0.15, -0.1) is 0 Å². The minimum absolute atomic E-state index is 0.0899. The van der Waals surface area contributed by atoms with Crippen LogP contribution in [0.15, 0.2) is 53.4 Å². The fourth-order valence-corrected chi connectivity index (χ4v) is 4.81. The third kappa shape index (κ3) is 4.52. The number of benzene rings is 2. The van der Waals surface area contributed by atoms with Crippen LogP contribution in [0.2, 0.25) is 0 Å². The highest BCUT2D eigenvalue weighted by Crippen LogP contribution is 2.23. The second-order valence-electron chi connectivity index (χ2n) is 6.79. The highest BCUT2D eigenvalue weighted by Gasteiger charge is 2.32. The largest absolute Gasteiger partial charge is 0.497 e. The number of nitrogens with one attached hydrogen (secondary N) is 1. The number of carbonyl (C=O) groups is 1. The molecule has 150 valence electrons. The first-order valence-electron chi connectivity index (χ1n) is 9.00. The summed E-state index contributed by atoms with van der Waals surface area (Å²) >= 11 is 0. The van der Waals surface area contributed by atoms with Crippen LogP contribution in [-0.2, 0) is 14.8 Å².